The van der Waals surface area contributed by atoms with Gasteiger partial charge < -0.3 is 5.32 Å². The van der Waals surface area contributed by atoms with E-state index in [9.17, 15) is 22.8 Å². The highest BCUT2D eigenvalue weighted by Crippen LogP contribution is 2.33. The molecule has 1 aliphatic carbocycles. The minimum atomic E-state index is -1.38. The molecule has 206 valence electrons. The zero-order valence-corrected chi connectivity index (χ0v) is 21.7. The van der Waals surface area contributed by atoms with E-state index in [2.05, 4.69) is 25.5 Å². The first kappa shape index (κ1) is 25.8. The first-order valence-electron chi connectivity index (χ1n) is 12.3. The van der Waals surface area contributed by atoms with E-state index in [0.717, 1.165) is 33.9 Å². The second-order valence-electron chi connectivity index (χ2n) is 9.68. The summed E-state index contributed by atoms with van der Waals surface area (Å²) in [4.78, 5) is 34.5. The van der Waals surface area contributed by atoms with Gasteiger partial charge in [-0.05, 0) is 37.0 Å². The number of fused-ring (bicyclic) bond motifs is 1. The van der Waals surface area contributed by atoms with Crippen LogP contribution in [0.4, 0.5) is 24.8 Å². The SMILES string of the molecule is Cn1cnc(Cn2c(=O)nc(Nc3cc4cn(CC5CC5)nc4cc3Cl)n(Cc3cc(F)c(F)cc3F)c2=O)n1. The molecule has 15 heteroatoms. The number of aryl methyl sites for hydroxylation is 1. The van der Waals surface area contributed by atoms with Crippen molar-refractivity contribution < 1.29 is 13.2 Å². The molecule has 5 aromatic rings. The summed E-state index contributed by atoms with van der Waals surface area (Å²) in [6, 6.07) is 4.35. The number of benzene rings is 2. The summed E-state index contributed by atoms with van der Waals surface area (Å²) in [5, 5.41) is 12.5. The first-order valence-corrected chi connectivity index (χ1v) is 12.7. The molecular weight excluding hydrogens is 551 g/mol. The molecule has 0 aliphatic heterocycles. The zero-order valence-electron chi connectivity index (χ0n) is 21.0. The molecule has 0 saturated heterocycles. The summed E-state index contributed by atoms with van der Waals surface area (Å²) >= 11 is 6.50. The summed E-state index contributed by atoms with van der Waals surface area (Å²) < 4.78 is 47.0. The molecule has 0 unspecified atom stereocenters. The van der Waals surface area contributed by atoms with E-state index in [1.165, 1.54) is 11.0 Å². The molecule has 1 fully saturated rings. The van der Waals surface area contributed by atoms with Crippen molar-refractivity contribution in [1.82, 2.24) is 38.7 Å². The number of rotatable bonds is 8. The van der Waals surface area contributed by atoms with Crippen molar-refractivity contribution in [2.75, 3.05) is 5.32 Å². The van der Waals surface area contributed by atoms with Gasteiger partial charge in [0.15, 0.2) is 17.5 Å². The molecule has 1 saturated carbocycles. The molecule has 1 N–H and O–H groups in total. The van der Waals surface area contributed by atoms with Crippen molar-refractivity contribution in [2.24, 2.45) is 13.0 Å². The van der Waals surface area contributed by atoms with Crippen LogP contribution >= 0.6 is 11.6 Å². The predicted molar refractivity (Wildman–Crippen MR) is 139 cm³/mol. The largest absolute Gasteiger partial charge is 0.355 e. The van der Waals surface area contributed by atoms with E-state index < -0.39 is 35.4 Å². The van der Waals surface area contributed by atoms with Gasteiger partial charge in [0.25, 0.3) is 0 Å². The third-order valence-corrected chi connectivity index (χ3v) is 6.86. The molecule has 3 heterocycles. The average Bonchev–Trinajstić information content (AvgIpc) is 3.48. The predicted octanol–water partition coefficient (Wildman–Crippen LogP) is 3.20. The minimum absolute atomic E-state index is 0.159. The van der Waals surface area contributed by atoms with Crippen LogP contribution in [0, 0.1) is 23.4 Å². The van der Waals surface area contributed by atoms with Crippen molar-refractivity contribution in [3.8, 4) is 0 Å². The number of nitrogens with one attached hydrogen (secondary N) is 1. The molecular formula is C25H21ClF3N9O2. The molecule has 3 aromatic heterocycles. The number of nitrogens with zero attached hydrogens (tertiary/aromatic N) is 8. The van der Waals surface area contributed by atoms with Crippen molar-refractivity contribution >= 4 is 34.1 Å². The monoisotopic (exact) mass is 571 g/mol. The molecule has 40 heavy (non-hydrogen) atoms. The van der Waals surface area contributed by atoms with Crippen LogP contribution in [0.5, 0.6) is 0 Å². The van der Waals surface area contributed by atoms with Crippen LogP contribution in [0.2, 0.25) is 5.02 Å². The Morgan fingerprint density at radius 2 is 1.77 bits per heavy atom. The Labute approximate surface area is 228 Å². The Morgan fingerprint density at radius 1 is 1.00 bits per heavy atom. The second-order valence-corrected chi connectivity index (χ2v) is 10.1. The molecule has 0 amide bonds. The van der Waals surface area contributed by atoms with Gasteiger partial charge in [-0.1, -0.05) is 11.6 Å². The van der Waals surface area contributed by atoms with E-state index in [4.69, 9.17) is 11.6 Å². The van der Waals surface area contributed by atoms with Gasteiger partial charge in [0, 0.05) is 36.8 Å². The van der Waals surface area contributed by atoms with E-state index in [-0.39, 0.29) is 28.9 Å². The van der Waals surface area contributed by atoms with E-state index >= 15 is 0 Å². The second kappa shape index (κ2) is 9.93. The van der Waals surface area contributed by atoms with E-state index in [1.54, 1.807) is 19.2 Å². The third-order valence-electron chi connectivity index (χ3n) is 6.54. The number of hydrogen-bond acceptors (Lipinski definition) is 7. The Hall–Kier alpha value is -4.46. The Bertz CT molecular complexity index is 1890. The lowest BCUT2D eigenvalue weighted by Gasteiger charge is -2.16. The lowest BCUT2D eigenvalue weighted by atomic mass is 10.2. The average molecular weight is 572 g/mol. The van der Waals surface area contributed by atoms with Gasteiger partial charge in [0.05, 0.1) is 29.3 Å². The molecule has 0 radical (unpaired) electrons. The van der Waals surface area contributed by atoms with Crippen LogP contribution in [0.1, 0.15) is 24.2 Å². The van der Waals surface area contributed by atoms with Crippen LogP contribution in [-0.2, 0) is 26.7 Å². The van der Waals surface area contributed by atoms with Gasteiger partial charge >= 0.3 is 11.4 Å². The maximum atomic E-state index is 14.6. The highest BCUT2D eigenvalue weighted by molar-refractivity contribution is 6.34. The van der Waals surface area contributed by atoms with Gasteiger partial charge in [0.2, 0.25) is 5.95 Å². The van der Waals surface area contributed by atoms with Gasteiger partial charge in [-0.25, -0.2) is 32.3 Å². The molecule has 0 spiro atoms. The van der Waals surface area contributed by atoms with Crippen LogP contribution in [0.3, 0.4) is 0 Å². The number of aromatic nitrogens is 8. The normalized spacial score (nSPS) is 13.3. The van der Waals surface area contributed by atoms with Gasteiger partial charge in [-0.15, -0.1) is 0 Å². The summed E-state index contributed by atoms with van der Waals surface area (Å²) in [6.45, 7) is -0.107. The first-order chi connectivity index (χ1) is 19.1. The van der Waals surface area contributed by atoms with Gasteiger partial charge in [-0.2, -0.15) is 15.2 Å². The highest BCUT2D eigenvalue weighted by Gasteiger charge is 2.23. The standard InChI is InChI=1S/C25H21ClF3N9O2/c1-35-12-30-22(34-35)11-38-24(39)32-23(37(25(38)40)10-14-4-18(28)19(29)7-17(14)27)31-21-5-15-9-36(8-13-2-3-13)33-20(15)6-16(21)26/h4-7,9,12-13H,2-3,8,10-11H2,1H3,(H,31,32,39). The van der Waals surface area contributed by atoms with E-state index in [0.29, 0.717) is 29.3 Å². The highest BCUT2D eigenvalue weighted by atomic mass is 35.5. The third kappa shape index (κ3) is 5.09. The van der Waals surface area contributed by atoms with Crippen LogP contribution in [0.25, 0.3) is 10.9 Å². The number of anilines is 2. The fourth-order valence-electron chi connectivity index (χ4n) is 4.33. The molecule has 11 nitrogen and oxygen atoms in total. The Kier molecular flexibility index (Phi) is 6.41. The minimum Gasteiger partial charge on any atom is -0.324 e. The van der Waals surface area contributed by atoms with Crippen molar-refractivity contribution in [2.45, 2.75) is 32.5 Å². The number of halogens is 4. The molecule has 0 bridgehead atoms. The van der Waals surface area contributed by atoms with Crippen molar-refractivity contribution in [3.63, 3.8) is 0 Å². The Balaban J connectivity index is 1.43. The lowest BCUT2D eigenvalue weighted by Crippen LogP contribution is -2.43. The summed E-state index contributed by atoms with van der Waals surface area (Å²) in [7, 11) is 1.62. The molecule has 2 aromatic carbocycles. The summed E-state index contributed by atoms with van der Waals surface area (Å²) in [5.41, 5.74) is -1.22. The van der Waals surface area contributed by atoms with E-state index in [1.807, 2.05) is 10.9 Å². The maximum absolute atomic E-state index is 14.6. The maximum Gasteiger partial charge on any atom is 0.355 e. The van der Waals surface area contributed by atoms with Crippen LogP contribution in [-0.4, -0.2) is 38.7 Å². The molecule has 6 rings (SSSR count). The fourth-order valence-corrected chi connectivity index (χ4v) is 4.53. The molecule has 0 atom stereocenters. The van der Waals surface area contributed by atoms with Crippen molar-refractivity contribution in [1.29, 1.82) is 0 Å². The van der Waals surface area contributed by atoms with Gasteiger partial charge in [0.1, 0.15) is 12.1 Å². The smallest absolute Gasteiger partial charge is 0.324 e. The van der Waals surface area contributed by atoms with Crippen molar-refractivity contribution in [3.05, 3.63) is 91.6 Å². The summed E-state index contributed by atoms with van der Waals surface area (Å²) in [6.07, 6.45) is 5.58. The number of hydrogen-bond donors (Lipinski definition) is 1. The van der Waals surface area contributed by atoms with Crippen LogP contribution in [0.15, 0.2) is 46.4 Å². The fraction of sp³-hybridized carbons (Fsp3) is 0.280. The molecule has 1 aliphatic rings. The van der Waals surface area contributed by atoms with Gasteiger partial charge in [-0.3, -0.25) is 13.9 Å². The van der Waals surface area contributed by atoms with Crippen LogP contribution < -0.4 is 16.7 Å². The lowest BCUT2D eigenvalue weighted by molar-refractivity contribution is 0.485. The topological polar surface area (TPSA) is 117 Å². The zero-order chi connectivity index (χ0) is 28.1. The quantitative estimate of drug-likeness (QED) is 0.284. The summed E-state index contributed by atoms with van der Waals surface area (Å²) in [5.74, 6) is -3.27. The Morgan fingerprint density at radius 3 is 2.50 bits per heavy atom.